The van der Waals surface area contributed by atoms with Gasteiger partial charge in [-0.1, -0.05) is 0 Å². The van der Waals surface area contributed by atoms with E-state index in [4.69, 9.17) is 0 Å². The van der Waals surface area contributed by atoms with E-state index in [0.29, 0.717) is 0 Å². The van der Waals surface area contributed by atoms with Crippen LogP contribution in [0.1, 0.15) is 54.2 Å². The van der Waals surface area contributed by atoms with E-state index in [1.54, 1.807) is 0 Å². The maximum absolute atomic E-state index is 2.68. The van der Waals surface area contributed by atoms with E-state index in [9.17, 15) is 0 Å². The maximum Gasteiger partial charge on any atom is -1.00 e. The Hall–Kier alpha value is -1.06. The number of hydrogen-bond donors (Lipinski definition) is 0. The zero-order chi connectivity index (χ0) is 25.3. The van der Waals surface area contributed by atoms with Crippen LogP contribution in [0.5, 0.6) is 0 Å². The summed E-state index contributed by atoms with van der Waals surface area (Å²) in [4.78, 5) is 0. The van der Waals surface area contributed by atoms with Gasteiger partial charge in [-0.15, -0.1) is 0 Å². The van der Waals surface area contributed by atoms with Crippen LogP contribution in [0.4, 0.5) is 0 Å². The smallest absolute Gasteiger partial charge is 1.00 e. The quantitative estimate of drug-likeness (QED) is 0.251. The molecule has 0 nitrogen and oxygen atoms in total. The fourth-order valence-corrected chi connectivity index (χ4v) is 13.4. The fourth-order valence-electron chi connectivity index (χ4n) is 6.39. The van der Waals surface area contributed by atoms with Crippen molar-refractivity contribution in [3.63, 3.8) is 0 Å². The van der Waals surface area contributed by atoms with Gasteiger partial charge in [0.05, 0.1) is 0 Å². The van der Waals surface area contributed by atoms with Crippen LogP contribution in [0, 0.1) is 20.8 Å². The van der Waals surface area contributed by atoms with E-state index in [2.05, 4.69) is 153 Å². The number of hydrogen-bond acceptors (Lipinski definition) is 0. The molecule has 3 aromatic rings. The number of allylic oxidation sites excluding steroid dienone is 4. The minimum atomic E-state index is -1.53. The molecular formula is C33H39Cl3SiTi. The van der Waals surface area contributed by atoms with Crippen LogP contribution in [0.15, 0.2) is 96.6 Å². The molecule has 1 aliphatic rings. The van der Waals surface area contributed by atoms with Gasteiger partial charge in [-0.05, 0) is 0 Å². The monoisotopic (exact) mass is 616 g/mol. The van der Waals surface area contributed by atoms with E-state index in [1.165, 1.54) is 57.1 Å². The van der Waals surface area contributed by atoms with Crippen LogP contribution in [-0.4, -0.2) is 8.07 Å². The van der Waals surface area contributed by atoms with Crippen LogP contribution >= 0.6 is 0 Å². The molecule has 5 heteroatoms. The van der Waals surface area contributed by atoms with E-state index >= 15 is 0 Å². The van der Waals surface area contributed by atoms with E-state index < -0.39 is 8.07 Å². The van der Waals surface area contributed by atoms with Crippen molar-refractivity contribution in [3.8, 4) is 0 Å². The first kappa shape index (κ1) is 35.0. The summed E-state index contributed by atoms with van der Waals surface area (Å²) in [7, 11) is -1.53. The van der Waals surface area contributed by atoms with E-state index in [1.807, 2.05) is 0 Å². The average Bonchev–Trinajstić information content (AvgIpc) is 3.25. The number of benzene rings is 3. The third-order valence-corrected chi connectivity index (χ3v) is 17.7. The van der Waals surface area contributed by atoms with Crippen LogP contribution in [0.2, 0.25) is 21.5 Å². The third kappa shape index (κ3) is 5.99. The SMILES string of the molecule is CC[Si](CC)(CC)[C]1([Ti+3])C=CC(C(c2cccc(C)c2)(c2cccc(C)c2)c2cccc(C)c2)=C1.[Cl-].[Cl-].[Cl-]. The van der Waals surface area contributed by atoms with E-state index in [0.717, 1.165) is 0 Å². The predicted octanol–water partition coefficient (Wildman–Crippen LogP) is 0.208. The van der Waals surface area contributed by atoms with Gasteiger partial charge in [-0.25, -0.2) is 0 Å². The molecule has 0 radical (unpaired) electrons. The maximum atomic E-state index is 2.68. The second-order valence-corrected chi connectivity index (χ2v) is 18.1. The van der Waals surface area contributed by atoms with Gasteiger partial charge in [-0.2, -0.15) is 0 Å². The zero-order valence-electron chi connectivity index (χ0n) is 23.4. The summed E-state index contributed by atoms with van der Waals surface area (Å²) in [6.07, 6.45) is 7.74. The summed E-state index contributed by atoms with van der Waals surface area (Å²) < 4.78 is 0.156. The van der Waals surface area contributed by atoms with Crippen molar-refractivity contribution in [2.75, 3.05) is 0 Å². The van der Waals surface area contributed by atoms with Crippen molar-refractivity contribution in [1.82, 2.24) is 0 Å². The van der Waals surface area contributed by atoms with Crippen molar-refractivity contribution in [1.29, 1.82) is 0 Å². The van der Waals surface area contributed by atoms with Crippen molar-refractivity contribution in [2.45, 2.75) is 68.4 Å². The summed E-state index contributed by atoms with van der Waals surface area (Å²) in [6, 6.07) is 31.5. The molecular weight excluding hydrogens is 579 g/mol. The van der Waals surface area contributed by atoms with Crippen molar-refractivity contribution < 1.29 is 57.7 Å². The molecule has 0 bridgehead atoms. The van der Waals surface area contributed by atoms with Gasteiger partial charge < -0.3 is 37.2 Å². The molecule has 1 unspecified atom stereocenters. The molecule has 1 atom stereocenters. The second kappa shape index (κ2) is 14.0. The molecule has 0 amide bonds. The van der Waals surface area contributed by atoms with Crippen LogP contribution in [0.3, 0.4) is 0 Å². The first-order valence-electron chi connectivity index (χ1n) is 13.1. The standard InChI is InChI=1S/C33H39Si.3ClH.Ti/c1-7-34(8-2,9-3)32-20-19-31(24-32)33(28-16-10-13-25(4)21-28,29-17-11-14-26(5)22-29)30-18-12-15-27(6)23-30;;;;/h10-24H,7-9H2,1-6H3;3*1H;/q;;;;+3/p-3. The summed E-state index contributed by atoms with van der Waals surface area (Å²) >= 11 is 2.52. The average molecular weight is 618 g/mol. The van der Waals surface area contributed by atoms with Crippen LogP contribution in [0.25, 0.3) is 0 Å². The second-order valence-electron chi connectivity index (χ2n) is 10.5. The van der Waals surface area contributed by atoms with Gasteiger partial charge in [0, 0.05) is 0 Å². The Morgan fingerprint density at radius 1 is 0.658 bits per heavy atom. The molecule has 0 heterocycles. The minimum absolute atomic E-state index is 0. The van der Waals surface area contributed by atoms with Crippen molar-refractivity contribution in [2.24, 2.45) is 0 Å². The molecule has 0 spiro atoms. The molecule has 200 valence electrons. The Labute approximate surface area is 262 Å². The van der Waals surface area contributed by atoms with Gasteiger partial charge in [0.15, 0.2) is 0 Å². The van der Waals surface area contributed by atoms with Gasteiger partial charge in [0.1, 0.15) is 0 Å². The fraction of sp³-hybridized carbons (Fsp3) is 0.333. The Morgan fingerprint density at radius 2 is 1.03 bits per heavy atom. The summed E-state index contributed by atoms with van der Waals surface area (Å²) in [5.74, 6) is 0. The first-order valence-corrected chi connectivity index (χ1v) is 16.5. The molecule has 0 saturated carbocycles. The van der Waals surface area contributed by atoms with Gasteiger partial charge in [0.25, 0.3) is 0 Å². The van der Waals surface area contributed by atoms with Gasteiger partial charge in [-0.3, -0.25) is 0 Å². The van der Waals surface area contributed by atoms with E-state index in [-0.39, 0.29) is 46.0 Å². The molecule has 4 rings (SSSR count). The Morgan fingerprint density at radius 3 is 1.34 bits per heavy atom. The van der Waals surface area contributed by atoms with Crippen LogP contribution in [-0.2, 0) is 25.9 Å². The minimum Gasteiger partial charge on any atom is -1.00 e. The number of aryl methyl sites for hydroxylation is 3. The predicted molar refractivity (Wildman–Crippen MR) is 151 cm³/mol. The van der Waals surface area contributed by atoms with Crippen molar-refractivity contribution in [3.05, 3.63) is 130 Å². The molecule has 0 aromatic heterocycles. The molecule has 38 heavy (non-hydrogen) atoms. The Kier molecular flexibility index (Phi) is 12.9. The number of rotatable bonds is 8. The largest absolute Gasteiger partial charge is 1.00 e. The molecule has 0 fully saturated rings. The Balaban J connectivity index is 0.00000241. The summed E-state index contributed by atoms with van der Waals surface area (Å²) in [6.45, 7) is 13.9. The topological polar surface area (TPSA) is 0 Å². The Bertz CT molecular complexity index is 1160. The zero-order valence-corrected chi connectivity index (χ0v) is 28.2. The number of halogens is 3. The third-order valence-electron chi connectivity index (χ3n) is 8.60. The van der Waals surface area contributed by atoms with Gasteiger partial charge >= 0.3 is 227 Å². The molecule has 0 N–H and O–H groups in total. The molecule has 0 aliphatic heterocycles. The van der Waals surface area contributed by atoms with Gasteiger partial charge in [0.2, 0.25) is 0 Å². The summed E-state index contributed by atoms with van der Waals surface area (Å²) in [5, 5.41) is 0. The molecule has 0 saturated heterocycles. The summed E-state index contributed by atoms with van der Waals surface area (Å²) in [5.41, 5.74) is 9.04. The van der Waals surface area contributed by atoms with Crippen LogP contribution < -0.4 is 37.2 Å². The molecule has 3 aromatic carbocycles. The van der Waals surface area contributed by atoms with Crippen molar-refractivity contribution >= 4 is 8.07 Å². The first-order chi connectivity index (χ1) is 16.7. The normalized spacial score (nSPS) is 16.7. The molecule has 1 aliphatic carbocycles.